The maximum Gasteiger partial charge on any atom is 0.251 e. The molecule has 0 aliphatic carbocycles. The summed E-state index contributed by atoms with van der Waals surface area (Å²) in [7, 11) is 1.27. The number of aromatic nitrogens is 3. The highest BCUT2D eigenvalue weighted by Gasteiger charge is 2.37. The first-order valence-electron chi connectivity index (χ1n) is 11.8. The summed E-state index contributed by atoms with van der Waals surface area (Å²) < 4.78 is 49.7. The van der Waals surface area contributed by atoms with Crippen molar-refractivity contribution in [1.82, 2.24) is 25.0 Å². The third-order valence-corrected chi connectivity index (χ3v) is 6.41. The number of imidazole rings is 1. The van der Waals surface area contributed by atoms with Crippen molar-refractivity contribution in [3.63, 3.8) is 0 Å². The average molecular weight is 547 g/mol. The number of methoxy groups -OCH3 is 1. The Balaban J connectivity index is 0.00000336. The Morgan fingerprint density at radius 2 is 1.97 bits per heavy atom. The lowest BCUT2D eigenvalue weighted by Crippen LogP contribution is -2.61. The van der Waals surface area contributed by atoms with Crippen molar-refractivity contribution in [1.29, 1.82) is 0 Å². The number of anilines is 2. The van der Waals surface area contributed by atoms with Gasteiger partial charge in [-0.15, -0.1) is 12.4 Å². The molecule has 3 heterocycles. The van der Waals surface area contributed by atoms with Crippen LogP contribution in [0.25, 0.3) is 16.9 Å². The second kappa shape index (κ2) is 10.9. The average Bonchev–Trinajstić information content (AvgIpc) is 3.32. The molecule has 2 aromatic heterocycles. The molecule has 5 rings (SSSR count). The number of hydrogen-bond acceptors (Lipinski definition) is 6. The zero-order valence-electron chi connectivity index (χ0n) is 20.6. The second-order valence-electron chi connectivity index (χ2n) is 8.84. The lowest BCUT2D eigenvalue weighted by molar-refractivity contribution is 0.0748. The van der Waals surface area contributed by atoms with Crippen LogP contribution in [0.3, 0.4) is 0 Å². The van der Waals surface area contributed by atoms with Gasteiger partial charge in [0.15, 0.2) is 28.7 Å². The predicted molar refractivity (Wildman–Crippen MR) is 140 cm³/mol. The van der Waals surface area contributed by atoms with E-state index in [-0.39, 0.29) is 49.3 Å². The van der Waals surface area contributed by atoms with E-state index >= 15 is 0 Å². The van der Waals surface area contributed by atoms with Gasteiger partial charge >= 0.3 is 0 Å². The molecule has 8 nitrogen and oxygen atoms in total. The van der Waals surface area contributed by atoms with Gasteiger partial charge in [0.2, 0.25) is 5.82 Å². The molecule has 1 amide bonds. The van der Waals surface area contributed by atoms with Crippen LogP contribution in [0.15, 0.2) is 48.9 Å². The van der Waals surface area contributed by atoms with E-state index in [1.54, 1.807) is 22.7 Å². The molecule has 12 heteroatoms. The number of ether oxygens (including phenoxy) is 1. The van der Waals surface area contributed by atoms with E-state index in [9.17, 15) is 18.0 Å². The molecule has 0 atom stereocenters. The first-order valence-corrected chi connectivity index (χ1v) is 11.8. The van der Waals surface area contributed by atoms with Gasteiger partial charge in [-0.3, -0.25) is 9.20 Å². The molecule has 1 aliphatic heterocycles. The number of carbonyl (C=O) groups is 1. The molecule has 0 saturated carbocycles. The number of aryl methyl sites for hydroxylation is 1. The van der Waals surface area contributed by atoms with Crippen LogP contribution < -0.4 is 20.7 Å². The number of alkyl halides is 1. The lowest BCUT2D eigenvalue weighted by Gasteiger charge is -2.34. The van der Waals surface area contributed by atoms with E-state index in [0.717, 1.165) is 5.56 Å². The highest BCUT2D eigenvalue weighted by atomic mass is 35.5. The molecule has 0 bridgehead atoms. The molecule has 0 radical (unpaired) electrons. The first kappa shape index (κ1) is 27.2. The molecule has 1 fully saturated rings. The molecule has 4 aromatic rings. The Labute approximate surface area is 223 Å². The van der Waals surface area contributed by atoms with Gasteiger partial charge in [-0.05, 0) is 42.3 Å². The molecular formula is C26H26ClF3N6O2. The van der Waals surface area contributed by atoms with Crippen LogP contribution in [0, 0.1) is 11.6 Å². The van der Waals surface area contributed by atoms with Crippen molar-refractivity contribution in [3.8, 4) is 17.0 Å². The third kappa shape index (κ3) is 4.99. The minimum Gasteiger partial charge on any atom is -0.494 e. The van der Waals surface area contributed by atoms with Gasteiger partial charge in [0.25, 0.3) is 5.91 Å². The number of nitrogens with zero attached hydrogens (tertiary/aromatic N) is 3. The second-order valence-corrected chi connectivity index (χ2v) is 8.84. The summed E-state index contributed by atoms with van der Waals surface area (Å²) >= 11 is 0. The summed E-state index contributed by atoms with van der Waals surface area (Å²) in [5, 5.41) is 8.73. The Kier molecular flexibility index (Phi) is 7.79. The van der Waals surface area contributed by atoms with Crippen LogP contribution in [0.2, 0.25) is 0 Å². The monoisotopic (exact) mass is 546 g/mol. The minimum atomic E-state index is -1.41. The van der Waals surface area contributed by atoms with Crippen LogP contribution in [-0.2, 0) is 6.42 Å². The van der Waals surface area contributed by atoms with Crippen LogP contribution >= 0.6 is 12.4 Å². The molecule has 0 spiro atoms. The highest BCUT2D eigenvalue weighted by Crippen LogP contribution is 2.31. The third-order valence-electron chi connectivity index (χ3n) is 6.41. The Bertz CT molecular complexity index is 1490. The lowest BCUT2D eigenvalue weighted by atomic mass is 9.99. The summed E-state index contributed by atoms with van der Waals surface area (Å²) in [6.45, 7) is 2.33. The standard InChI is InChI=1S/C26H25F3N6O2.ClH/c1-3-15-10-16(4-5-17(15)25(36)33-14-26(29)12-30-13-26)34-23-24-32-11-19(35(24)9-8-31-23)18-6-7-20(37-2)22(28)21(18)27;/h4-11,30H,3,12-14H2,1-2H3,(H,31,34)(H,33,36);1H. The van der Waals surface area contributed by atoms with Gasteiger partial charge in [-0.25, -0.2) is 18.7 Å². The van der Waals surface area contributed by atoms with Gasteiger partial charge in [0.05, 0.1) is 25.5 Å². The van der Waals surface area contributed by atoms with Gasteiger partial charge in [0, 0.05) is 42.3 Å². The maximum absolute atomic E-state index is 14.7. The SMILES string of the molecule is CCc1cc(Nc2nccn3c(-c4ccc(OC)c(F)c4F)cnc23)ccc1C(=O)NCC1(F)CNC1.Cl. The molecule has 3 N–H and O–H groups in total. The molecule has 2 aromatic carbocycles. The minimum absolute atomic E-state index is 0. The molecule has 1 saturated heterocycles. The normalized spacial score (nSPS) is 13.9. The number of benzene rings is 2. The van der Waals surface area contributed by atoms with Crippen LogP contribution in [0.4, 0.5) is 24.7 Å². The fraction of sp³-hybridized carbons (Fsp3) is 0.269. The number of carbonyl (C=O) groups excluding carboxylic acids is 1. The predicted octanol–water partition coefficient (Wildman–Crippen LogP) is 4.45. The number of nitrogens with one attached hydrogen (secondary N) is 3. The molecular weight excluding hydrogens is 521 g/mol. The van der Waals surface area contributed by atoms with Crippen LogP contribution in [0.1, 0.15) is 22.8 Å². The van der Waals surface area contributed by atoms with Gasteiger partial charge in [0.1, 0.15) is 0 Å². The Morgan fingerprint density at radius 3 is 2.66 bits per heavy atom. The summed E-state index contributed by atoms with van der Waals surface area (Å²) in [6.07, 6.45) is 5.13. The molecule has 38 heavy (non-hydrogen) atoms. The van der Waals surface area contributed by atoms with Crippen molar-refractivity contribution in [2.45, 2.75) is 19.0 Å². The fourth-order valence-electron chi connectivity index (χ4n) is 4.27. The number of fused-ring (bicyclic) bond motifs is 1. The summed E-state index contributed by atoms with van der Waals surface area (Å²) in [5.74, 6) is -2.25. The van der Waals surface area contributed by atoms with E-state index in [1.807, 2.05) is 13.0 Å². The van der Waals surface area contributed by atoms with Crippen LogP contribution in [0.5, 0.6) is 5.75 Å². The van der Waals surface area contributed by atoms with Gasteiger partial charge in [-0.2, -0.15) is 4.39 Å². The van der Waals surface area contributed by atoms with Crippen molar-refractivity contribution >= 4 is 35.5 Å². The quantitative estimate of drug-likeness (QED) is 0.302. The fourth-order valence-corrected chi connectivity index (χ4v) is 4.27. The first-order chi connectivity index (χ1) is 17.8. The topological polar surface area (TPSA) is 92.6 Å². The van der Waals surface area contributed by atoms with Crippen LogP contribution in [-0.4, -0.2) is 52.7 Å². The summed E-state index contributed by atoms with van der Waals surface area (Å²) in [4.78, 5) is 21.4. The van der Waals surface area contributed by atoms with Crippen molar-refractivity contribution in [3.05, 3.63) is 71.7 Å². The molecule has 200 valence electrons. The Morgan fingerprint density at radius 1 is 1.18 bits per heavy atom. The maximum atomic E-state index is 14.7. The summed E-state index contributed by atoms with van der Waals surface area (Å²) in [5.41, 5.74) is 1.26. The smallest absolute Gasteiger partial charge is 0.251 e. The number of hydrogen-bond donors (Lipinski definition) is 3. The molecule has 0 unspecified atom stereocenters. The van der Waals surface area contributed by atoms with Gasteiger partial charge in [-0.1, -0.05) is 6.92 Å². The molecule has 1 aliphatic rings. The number of halogens is 4. The van der Waals surface area contributed by atoms with E-state index in [0.29, 0.717) is 34.8 Å². The van der Waals surface area contributed by atoms with E-state index in [2.05, 4.69) is 25.9 Å². The van der Waals surface area contributed by atoms with Crippen molar-refractivity contribution < 1.29 is 22.7 Å². The zero-order chi connectivity index (χ0) is 26.2. The highest BCUT2D eigenvalue weighted by molar-refractivity contribution is 5.96. The number of amides is 1. The van der Waals surface area contributed by atoms with Crippen molar-refractivity contribution in [2.24, 2.45) is 0 Å². The van der Waals surface area contributed by atoms with E-state index in [1.165, 1.54) is 31.6 Å². The number of rotatable bonds is 8. The van der Waals surface area contributed by atoms with E-state index in [4.69, 9.17) is 4.74 Å². The Hall–Kier alpha value is -3.83. The van der Waals surface area contributed by atoms with Crippen molar-refractivity contribution in [2.75, 3.05) is 32.1 Å². The van der Waals surface area contributed by atoms with E-state index < -0.39 is 17.3 Å². The van der Waals surface area contributed by atoms with Gasteiger partial charge < -0.3 is 20.7 Å². The largest absolute Gasteiger partial charge is 0.494 e. The zero-order valence-corrected chi connectivity index (χ0v) is 21.5. The summed E-state index contributed by atoms with van der Waals surface area (Å²) in [6, 6.07) is 8.00.